The van der Waals surface area contributed by atoms with Crippen LogP contribution in [0.4, 0.5) is 11.4 Å². The summed E-state index contributed by atoms with van der Waals surface area (Å²) >= 11 is 5.95. The number of fused-ring (bicyclic) bond motifs is 1. The zero-order chi connectivity index (χ0) is 22.0. The molecule has 1 heterocycles. The van der Waals surface area contributed by atoms with Crippen LogP contribution in [-0.2, 0) is 19.4 Å². The number of rotatable bonds is 4. The van der Waals surface area contributed by atoms with Crippen molar-refractivity contribution in [1.29, 1.82) is 0 Å². The van der Waals surface area contributed by atoms with Crippen molar-refractivity contribution in [3.63, 3.8) is 0 Å². The molecule has 0 bridgehead atoms. The zero-order valence-electron chi connectivity index (χ0n) is 16.4. The first-order valence-electron chi connectivity index (χ1n) is 9.60. The van der Waals surface area contributed by atoms with Gasteiger partial charge in [-0.3, -0.25) is 9.59 Å². The number of amides is 2. The molecule has 1 atom stereocenters. The van der Waals surface area contributed by atoms with Crippen LogP contribution >= 0.6 is 11.6 Å². The molecule has 4 rings (SSSR count). The largest absolute Gasteiger partial charge is 0.324 e. The number of hydrogen-bond acceptors (Lipinski definition) is 4. The third-order valence-electron chi connectivity index (χ3n) is 5.08. The van der Waals surface area contributed by atoms with Crippen LogP contribution in [0.3, 0.4) is 0 Å². The maximum Gasteiger partial charge on any atom is 0.244 e. The molecule has 6 nitrogen and oxygen atoms in total. The van der Waals surface area contributed by atoms with Gasteiger partial charge in [0.25, 0.3) is 0 Å². The fourth-order valence-electron chi connectivity index (χ4n) is 3.64. The van der Waals surface area contributed by atoms with Crippen LogP contribution in [0.1, 0.15) is 17.2 Å². The summed E-state index contributed by atoms with van der Waals surface area (Å²) in [5.74, 6) is -0.899. The molecule has 0 fully saturated rings. The van der Waals surface area contributed by atoms with Gasteiger partial charge in [-0.05, 0) is 35.9 Å². The summed E-state index contributed by atoms with van der Waals surface area (Å²) in [4.78, 5) is 27.1. The molecule has 158 valence electrons. The molecule has 0 aromatic heterocycles. The average molecular weight is 455 g/mol. The zero-order valence-corrected chi connectivity index (χ0v) is 17.9. The quantitative estimate of drug-likeness (QED) is 0.639. The van der Waals surface area contributed by atoms with E-state index in [0.717, 1.165) is 0 Å². The number of benzene rings is 3. The number of carbonyl (C=O) groups excluding carboxylic acids is 2. The first-order chi connectivity index (χ1) is 14.9. The van der Waals surface area contributed by atoms with E-state index in [0.29, 0.717) is 16.3 Å². The minimum Gasteiger partial charge on any atom is -0.324 e. The normalized spacial score (nSPS) is 17.5. The molecule has 3 aromatic carbocycles. The van der Waals surface area contributed by atoms with Gasteiger partial charge in [-0.25, -0.2) is 8.42 Å². The molecule has 0 saturated carbocycles. The van der Waals surface area contributed by atoms with E-state index >= 15 is 0 Å². The molecule has 0 spiro atoms. The standard InChI is InChI=1S/C23H19ClN2O4S/c24-17-9-6-10-18(13-17)25-22(27)15-26-19-11-4-5-12-20(19)31(29,30)21(14-23(26)28)16-7-2-1-3-8-16/h1-13,21H,14-15H2,(H,25,27)/t21-/m1/s1. The maximum atomic E-state index is 13.4. The Morgan fingerprint density at radius 3 is 2.45 bits per heavy atom. The lowest BCUT2D eigenvalue weighted by molar-refractivity contribution is -0.121. The third-order valence-corrected chi connectivity index (χ3v) is 7.46. The Balaban J connectivity index is 1.69. The maximum absolute atomic E-state index is 13.4. The topological polar surface area (TPSA) is 83.6 Å². The van der Waals surface area contributed by atoms with E-state index in [1.807, 2.05) is 0 Å². The van der Waals surface area contributed by atoms with E-state index in [4.69, 9.17) is 11.6 Å². The van der Waals surface area contributed by atoms with Crippen molar-refractivity contribution in [2.24, 2.45) is 0 Å². The highest BCUT2D eigenvalue weighted by Gasteiger charge is 2.39. The first-order valence-corrected chi connectivity index (χ1v) is 11.5. The fraction of sp³-hybridized carbons (Fsp3) is 0.130. The Labute approximate surface area is 185 Å². The Bertz CT molecular complexity index is 1250. The minimum absolute atomic E-state index is 0.0326. The second-order valence-corrected chi connectivity index (χ2v) is 9.69. The van der Waals surface area contributed by atoms with Gasteiger partial charge < -0.3 is 10.2 Å². The predicted molar refractivity (Wildman–Crippen MR) is 120 cm³/mol. The van der Waals surface area contributed by atoms with Gasteiger partial charge in [0.1, 0.15) is 6.54 Å². The minimum atomic E-state index is -3.85. The van der Waals surface area contributed by atoms with E-state index in [9.17, 15) is 18.0 Å². The molecule has 0 radical (unpaired) electrons. The summed E-state index contributed by atoms with van der Waals surface area (Å²) in [5.41, 5.74) is 1.23. The lowest BCUT2D eigenvalue weighted by atomic mass is 10.1. The molecule has 31 heavy (non-hydrogen) atoms. The van der Waals surface area contributed by atoms with Gasteiger partial charge in [0, 0.05) is 17.1 Å². The molecule has 1 aliphatic heterocycles. The molecule has 1 aliphatic rings. The van der Waals surface area contributed by atoms with Crippen molar-refractivity contribution in [1.82, 2.24) is 0 Å². The van der Waals surface area contributed by atoms with Gasteiger partial charge in [-0.2, -0.15) is 0 Å². The van der Waals surface area contributed by atoms with Crippen molar-refractivity contribution in [3.8, 4) is 0 Å². The van der Waals surface area contributed by atoms with Crippen LogP contribution in [0, 0.1) is 0 Å². The van der Waals surface area contributed by atoms with Gasteiger partial charge in [0.2, 0.25) is 11.8 Å². The van der Waals surface area contributed by atoms with E-state index in [2.05, 4.69) is 5.32 Å². The SMILES string of the molecule is O=C(CN1C(=O)C[C@H](c2ccccc2)S(=O)(=O)c2ccccc21)Nc1cccc(Cl)c1. The molecule has 8 heteroatoms. The summed E-state index contributed by atoms with van der Waals surface area (Å²) in [6.07, 6.45) is -0.258. The number of sulfone groups is 1. The molecule has 0 aliphatic carbocycles. The lowest BCUT2D eigenvalue weighted by Gasteiger charge is -2.21. The monoisotopic (exact) mass is 454 g/mol. The fourth-order valence-corrected chi connectivity index (χ4v) is 5.75. The van der Waals surface area contributed by atoms with Crippen molar-refractivity contribution in [2.45, 2.75) is 16.6 Å². The molecule has 1 N–H and O–H groups in total. The van der Waals surface area contributed by atoms with Crippen LogP contribution in [0.2, 0.25) is 5.02 Å². The molecule has 2 amide bonds. The Hall–Kier alpha value is -3.16. The number of carbonyl (C=O) groups is 2. The Morgan fingerprint density at radius 1 is 1.00 bits per heavy atom. The summed E-state index contributed by atoms with van der Waals surface area (Å²) in [6.45, 7) is -0.320. The first kappa shape index (κ1) is 21.1. The third kappa shape index (κ3) is 4.33. The van der Waals surface area contributed by atoms with E-state index < -0.39 is 26.9 Å². The number of hydrogen-bond donors (Lipinski definition) is 1. The Morgan fingerprint density at radius 2 is 1.71 bits per heavy atom. The summed E-state index contributed by atoms with van der Waals surface area (Å²) < 4.78 is 26.9. The van der Waals surface area contributed by atoms with Crippen molar-refractivity contribution >= 4 is 44.6 Å². The molecule has 3 aromatic rings. The summed E-state index contributed by atoms with van der Waals surface area (Å²) in [6, 6.07) is 21.6. The van der Waals surface area contributed by atoms with Crippen LogP contribution in [0.15, 0.2) is 83.8 Å². The Kier molecular flexibility index (Phi) is 5.80. The predicted octanol–water partition coefficient (Wildman–Crippen LogP) is 4.23. The summed E-state index contributed by atoms with van der Waals surface area (Å²) in [7, 11) is -3.85. The van der Waals surface area contributed by atoms with E-state index in [1.54, 1.807) is 72.8 Å². The van der Waals surface area contributed by atoms with Gasteiger partial charge >= 0.3 is 0 Å². The second kappa shape index (κ2) is 8.53. The highest BCUT2D eigenvalue weighted by molar-refractivity contribution is 7.92. The van der Waals surface area contributed by atoms with Crippen molar-refractivity contribution in [2.75, 3.05) is 16.8 Å². The van der Waals surface area contributed by atoms with Crippen molar-refractivity contribution < 1.29 is 18.0 Å². The number of para-hydroxylation sites is 1. The van der Waals surface area contributed by atoms with Gasteiger partial charge in [-0.1, -0.05) is 60.1 Å². The molecular weight excluding hydrogens is 436 g/mol. The van der Waals surface area contributed by atoms with Crippen LogP contribution < -0.4 is 10.2 Å². The highest BCUT2D eigenvalue weighted by atomic mass is 35.5. The van der Waals surface area contributed by atoms with Gasteiger partial charge in [0.15, 0.2) is 9.84 Å². The van der Waals surface area contributed by atoms with Gasteiger partial charge in [0.05, 0.1) is 15.8 Å². The number of nitrogens with one attached hydrogen (secondary N) is 1. The van der Waals surface area contributed by atoms with Crippen LogP contribution in [-0.4, -0.2) is 26.8 Å². The molecule has 0 saturated heterocycles. The van der Waals surface area contributed by atoms with E-state index in [1.165, 1.54) is 11.0 Å². The van der Waals surface area contributed by atoms with E-state index in [-0.39, 0.29) is 23.5 Å². The lowest BCUT2D eigenvalue weighted by Crippen LogP contribution is -2.38. The second-order valence-electron chi connectivity index (χ2n) is 7.15. The average Bonchev–Trinajstić information content (AvgIpc) is 2.83. The van der Waals surface area contributed by atoms with Crippen molar-refractivity contribution in [3.05, 3.63) is 89.4 Å². The van der Waals surface area contributed by atoms with Crippen LogP contribution in [0.5, 0.6) is 0 Å². The smallest absolute Gasteiger partial charge is 0.244 e. The van der Waals surface area contributed by atoms with Gasteiger partial charge in [-0.15, -0.1) is 0 Å². The summed E-state index contributed by atoms with van der Waals surface area (Å²) in [5, 5.41) is 2.14. The highest BCUT2D eigenvalue weighted by Crippen LogP contribution is 2.40. The number of halogens is 1. The van der Waals surface area contributed by atoms with Crippen LogP contribution in [0.25, 0.3) is 0 Å². The number of anilines is 2. The molecule has 0 unspecified atom stereocenters. The molecular formula is C23H19ClN2O4S. The number of nitrogens with zero attached hydrogens (tertiary/aromatic N) is 1.